The van der Waals surface area contributed by atoms with Crippen LogP contribution in [0.3, 0.4) is 0 Å². The van der Waals surface area contributed by atoms with Crippen LogP contribution in [-0.4, -0.2) is 18.9 Å². The summed E-state index contributed by atoms with van der Waals surface area (Å²) in [4.78, 5) is 11.5. The van der Waals surface area contributed by atoms with Crippen molar-refractivity contribution in [3.63, 3.8) is 0 Å². The summed E-state index contributed by atoms with van der Waals surface area (Å²) in [5, 5.41) is 0. The predicted molar refractivity (Wildman–Crippen MR) is 76.5 cm³/mol. The number of rotatable bonds is 7. The van der Waals surface area contributed by atoms with Crippen molar-refractivity contribution in [2.75, 3.05) is 6.61 Å². The third-order valence-electron chi connectivity index (χ3n) is 3.18. The molecule has 3 nitrogen and oxygen atoms in total. The summed E-state index contributed by atoms with van der Waals surface area (Å²) in [5.41, 5.74) is 0.666. The van der Waals surface area contributed by atoms with Gasteiger partial charge >= 0.3 is 12.3 Å². The zero-order valence-corrected chi connectivity index (χ0v) is 13.0. The number of hydrogen-bond acceptors (Lipinski definition) is 3. The number of benzene rings is 1. The summed E-state index contributed by atoms with van der Waals surface area (Å²) in [7, 11) is 0. The molecule has 6 heteroatoms. The van der Waals surface area contributed by atoms with Crippen molar-refractivity contribution in [1.29, 1.82) is 0 Å². The van der Waals surface area contributed by atoms with E-state index in [0.29, 0.717) is 19.4 Å². The van der Waals surface area contributed by atoms with Crippen molar-refractivity contribution in [3.8, 4) is 5.75 Å². The van der Waals surface area contributed by atoms with Crippen molar-refractivity contribution in [1.82, 2.24) is 0 Å². The van der Waals surface area contributed by atoms with Crippen LogP contribution in [0.15, 0.2) is 24.3 Å². The maximum Gasteiger partial charge on any atom is 0.573 e. The maximum absolute atomic E-state index is 12.1. The Morgan fingerprint density at radius 3 is 2.23 bits per heavy atom. The second-order valence-electron chi connectivity index (χ2n) is 5.84. The molecule has 0 fully saturated rings. The molecule has 22 heavy (non-hydrogen) atoms. The average molecular weight is 318 g/mol. The third-order valence-corrected chi connectivity index (χ3v) is 3.18. The average Bonchev–Trinajstić information content (AvgIpc) is 2.36. The number of halogens is 3. The third kappa shape index (κ3) is 7.33. The fraction of sp³-hybridized carbons (Fsp3) is 0.562. The molecular weight excluding hydrogens is 297 g/mol. The van der Waals surface area contributed by atoms with Gasteiger partial charge in [-0.2, -0.15) is 0 Å². The standard InChI is InChI=1S/C16H21F3O3/c1-4-21-14(20)11-15(2,3)10-9-12-5-7-13(8-6-12)22-16(17,18)19/h5-8H,4,9-11H2,1-3H3. The van der Waals surface area contributed by atoms with Gasteiger partial charge < -0.3 is 9.47 Å². The van der Waals surface area contributed by atoms with Crippen molar-refractivity contribution in [3.05, 3.63) is 29.8 Å². The Bertz CT molecular complexity index is 478. The van der Waals surface area contributed by atoms with Crippen LogP contribution in [0.5, 0.6) is 5.75 Å². The fourth-order valence-electron chi connectivity index (χ4n) is 2.03. The van der Waals surface area contributed by atoms with Gasteiger partial charge in [-0.1, -0.05) is 26.0 Å². The SMILES string of the molecule is CCOC(=O)CC(C)(C)CCc1ccc(OC(F)(F)F)cc1. The molecule has 0 saturated heterocycles. The predicted octanol–water partition coefficient (Wildman–Crippen LogP) is 4.50. The molecule has 0 aliphatic heterocycles. The molecule has 124 valence electrons. The molecule has 0 aliphatic rings. The van der Waals surface area contributed by atoms with Gasteiger partial charge in [-0.15, -0.1) is 13.2 Å². The van der Waals surface area contributed by atoms with Gasteiger partial charge in [0.25, 0.3) is 0 Å². The molecule has 1 aromatic carbocycles. The van der Waals surface area contributed by atoms with Gasteiger partial charge in [0.2, 0.25) is 0 Å². The van der Waals surface area contributed by atoms with E-state index in [9.17, 15) is 18.0 Å². The summed E-state index contributed by atoms with van der Waals surface area (Å²) in [5.74, 6) is -0.469. The molecule has 1 aromatic rings. The van der Waals surface area contributed by atoms with Crippen LogP contribution in [0.4, 0.5) is 13.2 Å². The lowest BCUT2D eigenvalue weighted by molar-refractivity contribution is -0.274. The van der Waals surface area contributed by atoms with Gasteiger partial charge in [0.15, 0.2) is 0 Å². The first-order valence-corrected chi connectivity index (χ1v) is 7.11. The van der Waals surface area contributed by atoms with E-state index in [2.05, 4.69) is 4.74 Å². The largest absolute Gasteiger partial charge is 0.573 e. The van der Waals surface area contributed by atoms with E-state index in [1.807, 2.05) is 13.8 Å². The van der Waals surface area contributed by atoms with Gasteiger partial charge in [-0.25, -0.2) is 0 Å². The Morgan fingerprint density at radius 2 is 1.73 bits per heavy atom. The fourth-order valence-corrected chi connectivity index (χ4v) is 2.03. The molecule has 0 heterocycles. The summed E-state index contributed by atoms with van der Waals surface area (Å²) in [6.45, 7) is 6.04. The van der Waals surface area contributed by atoms with Gasteiger partial charge in [0.1, 0.15) is 5.75 Å². The second kappa shape index (κ2) is 7.51. The molecule has 0 saturated carbocycles. The Balaban J connectivity index is 2.52. The van der Waals surface area contributed by atoms with Gasteiger partial charge in [0.05, 0.1) is 13.0 Å². The van der Waals surface area contributed by atoms with E-state index >= 15 is 0 Å². The van der Waals surface area contributed by atoms with Crippen LogP contribution in [0.2, 0.25) is 0 Å². The first kappa shape index (κ1) is 18.3. The maximum atomic E-state index is 12.1. The highest BCUT2D eigenvalue weighted by Gasteiger charge is 2.31. The van der Waals surface area contributed by atoms with E-state index in [1.165, 1.54) is 12.1 Å². The lowest BCUT2D eigenvalue weighted by Crippen LogP contribution is -2.19. The molecule has 0 bridgehead atoms. The molecule has 0 N–H and O–H groups in total. The molecule has 0 amide bonds. The summed E-state index contributed by atoms with van der Waals surface area (Å²) in [6.07, 6.45) is -2.97. The minimum Gasteiger partial charge on any atom is -0.466 e. The Morgan fingerprint density at radius 1 is 1.14 bits per heavy atom. The lowest BCUT2D eigenvalue weighted by Gasteiger charge is -2.23. The molecule has 0 unspecified atom stereocenters. The highest BCUT2D eigenvalue weighted by atomic mass is 19.4. The Kier molecular flexibility index (Phi) is 6.26. The number of hydrogen-bond donors (Lipinski definition) is 0. The molecule has 1 rings (SSSR count). The van der Waals surface area contributed by atoms with Gasteiger partial charge in [-0.05, 0) is 42.9 Å². The zero-order valence-electron chi connectivity index (χ0n) is 13.0. The van der Waals surface area contributed by atoms with Crippen LogP contribution in [-0.2, 0) is 16.0 Å². The number of carbonyl (C=O) groups excluding carboxylic acids is 1. The Hall–Kier alpha value is -1.72. The number of ether oxygens (including phenoxy) is 2. The Labute approximate surface area is 128 Å². The van der Waals surface area contributed by atoms with Crippen LogP contribution < -0.4 is 4.74 Å². The summed E-state index contributed by atoms with van der Waals surface area (Å²) < 4.78 is 44.9. The second-order valence-corrected chi connectivity index (χ2v) is 5.84. The molecule has 0 atom stereocenters. The number of alkyl halides is 3. The minimum absolute atomic E-state index is 0.229. The van der Waals surface area contributed by atoms with Crippen LogP contribution in [0.1, 0.15) is 39.2 Å². The van der Waals surface area contributed by atoms with Crippen molar-refractivity contribution in [2.45, 2.75) is 46.4 Å². The van der Waals surface area contributed by atoms with E-state index in [0.717, 1.165) is 12.0 Å². The highest BCUT2D eigenvalue weighted by Crippen LogP contribution is 2.28. The van der Waals surface area contributed by atoms with Crippen LogP contribution in [0.25, 0.3) is 0 Å². The number of carbonyl (C=O) groups is 1. The number of esters is 1. The monoisotopic (exact) mass is 318 g/mol. The van der Waals surface area contributed by atoms with Crippen molar-refractivity contribution < 1.29 is 27.4 Å². The van der Waals surface area contributed by atoms with Crippen molar-refractivity contribution >= 4 is 5.97 Å². The normalized spacial score (nSPS) is 12.1. The highest BCUT2D eigenvalue weighted by molar-refractivity contribution is 5.70. The minimum atomic E-state index is -4.68. The van der Waals surface area contributed by atoms with E-state index in [4.69, 9.17) is 4.74 Å². The van der Waals surface area contributed by atoms with Gasteiger partial charge in [0, 0.05) is 0 Å². The van der Waals surface area contributed by atoms with Crippen LogP contribution in [0, 0.1) is 5.41 Å². The van der Waals surface area contributed by atoms with E-state index in [1.54, 1.807) is 19.1 Å². The molecule has 0 spiro atoms. The number of aryl methyl sites for hydroxylation is 1. The summed E-state index contributed by atoms with van der Waals surface area (Å²) >= 11 is 0. The molecule has 0 aromatic heterocycles. The topological polar surface area (TPSA) is 35.5 Å². The first-order valence-electron chi connectivity index (χ1n) is 7.11. The summed E-state index contributed by atoms with van der Waals surface area (Å²) in [6, 6.07) is 5.78. The quantitative estimate of drug-likeness (QED) is 0.695. The smallest absolute Gasteiger partial charge is 0.466 e. The van der Waals surface area contributed by atoms with E-state index < -0.39 is 6.36 Å². The molecular formula is C16H21F3O3. The van der Waals surface area contributed by atoms with E-state index in [-0.39, 0.29) is 17.1 Å². The zero-order chi connectivity index (χ0) is 16.8. The van der Waals surface area contributed by atoms with Crippen molar-refractivity contribution in [2.24, 2.45) is 5.41 Å². The first-order chi connectivity index (χ1) is 10.1. The lowest BCUT2D eigenvalue weighted by atomic mass is 9.83. The van der Waals surface area contributed by atoms with Crippen LogP contribution >= 0.6 is 0 Å². The molecule has 0 aliphatic carbocycles. The van der Waals surface area contributed by atoms with Gasteiger partial charge in [-0.3, -0.25) is 4.79 Å². The molecule has 0 radical (unpaired) electrons.